The summed E-state index contributed by atoms with van der Waals surface area (Å²) < 4.78 is 27.6. The fourth-order valence-electron chi connectivity index (χ4n) is 1.23. The molecular weight excluding hydrogens is 452 g/mol. The van der Waals surface area contributed by atoms with E-state index in [1.165, 1.54) is 27.5 Å². The Balaban J connectivity index is 3.44. The first-order valence-corrected chi connectivity index (χ1v) is 8.31. The van der Waals surface area contributed by atoms with Gasteiger partial charge in [-0.3, -0.25) is 4.57 Å². The third-order valence-corrected chi connectivity index (χ3v) is 6.55. The molecule has 0 unspecified atom stereocenters. The smallest absolute Gasteiger partial charge is 0.370 e. The average Bonchev–Trinajstić information content (AvgIpc) is 2.44. The van der Waals surface area contributed by atoms with Crippen molar-refractivity contribution in [1.82, 2.24) is 4.98 Å². The number of hydrogen-bond acceptors (Lipinski definition) is 6. The maximum Gasteiger partial charge on any atom is 0.370 e. The number of aromatic nitrogens is 1. The van der Waals surface area contributed by atoms with Gasteiger partial charge in [0, 0.05) is 24.9 Å². The van der Waals surface area contributed by atoms with Crippen molar-refractivity contribution in [3.8, 4) is 5.88 Å². The van der Waals surface area contributed by atoms with Crippen LogP contribution in [0.4, 0.5) is 0 Å². The molecule has 0 fully saturated rings. The molecule has 0 aromatic carbocycles. The van der Waals surface area contributed by atoms with E-state index in [-0.39, 0.29) is 20.5 Å². The van der Waals surface area contributed by atoms with Gasteiger partial charge in [0.25, 0.3) is 0 Å². The van der Waals surface area contributed by atoms with Gasteiger partial charge in [0.15, 0.2) is 0 Å². The second-order valence-electron chi connectivity index (χ2n) is 3.21. The van der Waals surface area contributed by atoms with Crippen LogP contribution in [-0.4, -0.2) is 31.4 Å². The minimum Gasteiger partial charge on any atom is -0.506 e. The highest BCUT2D eigenvalue weighted by molar-refractivity contribution is 14.1. The van der Waals surface area contributed by atoms with E-state index in [0.717, 1.165) is 0 Å². The number of aliphatic hydroxyl groups excluding tert-OH is 1. The molecule has 1 aromatic heterocycles. The van der Waals surface area contributed by atoms with Gasteiger partial charge in [-0.2, -0.15) is 0 Å². The Morgan fingerprint density at radius 1 is 1.42 bits per heavy atom. The van der Waals surface area contributed by atoms with Crippen molar-refractivity contribution in [1.29, 1.82) is 0 Å². The monoisotopic (exact) mass is 463 g/mol. The molecular formula is C10H12BrINO5P. The first-order valence-electron chi connectivity index (χ1n) is 4.90. The summed E-state index contributed by atoms with van der Waals surface area (Å²) in [7, 11) is 0.387. The van der Waals surface area contributed by atoms with Gasteiger partial charge in [0.1, 0.15) is 9.08 Å². The molecule has 1 aromatic rings. The van der Waals surface area contributed by atoms with Crippen LogP contribution in [0.2, 0.25) is 0 Å². The van der Waals surface area contributed by atoms with Gasteiger partial charge in [-0.1, -0.05) is 0 Å². The SMILES string of the molecule is COc1ncc(Br)cc1C(O)=C(I)P(=O)(OC)OC. The van der Waals surface area contributed by atoms with Gasteiger partial charge >= 0.3 is 7.60 Å². The van der Waals surface area contributed by atoms with Crippen molar-refractivity contribution in [3.05, 3.63) is 25.6 Å². The van der Waals surface area contributed by atoms with Gasteiger partial charge in [-0.25, -0.2) is 4.98 Å². The fraction of sp³-hybridized carbons (Fsp3) is 0.300. The predicted molar refractivity (Wildman–Crippen MR) is 83.7 cm³/mol. The molecule has 0 atom stereocenters. The van der Waals surface area contributed by atoms with E-state index in [9.17, 15) is 9.67 Å². The Morgan fingerprint density at radius 3 is 2.47 bits per heavy atom. The van der Waals surface area contributed by atoms with E-state index in [1.807, 2.05) is 0 Å². The van der Waals surface area contributed by atoms with Crippen LogP contribution in [0, 0.1) is 0 Å². The standard InChI is InChI=1S/C10H12BrINO5P/c1-16-10-7(4-6(11)5-13-10)8(14)9(12)19(15,17-2)18-3/h4-5,14H,1-3H3. The molecule has 0 radical (unpaired) electrons. The zero-order valence-electron chi connectivity index (χ0n) is 10.4. The number of aliphatic hydroxyl groups is 1. The van der Waals surface area contributed by atoms with Gasteiger partial charge in [0.2, 0.25) is 5.88 Å². The highest BCUT2D eigenvalue weighted by Gasteiger charge is 2.31. The topological polar surface area (TPSA) is 77.9 Å². The number of methoxy groups -OCH3 is 1. The summed E-state index contributed by atoms with van der Waals surface area (Å²) in [5.41, 5.74) is 0.288. The number of hydrogen-bond donors (Lipinski definition) is 1. The molecule has 9 heteroatoms. The molecule has 0 saturated carbocycles. The second-order valence-corrected chi connectivity index (χ2v) is 8.23. The summed E-state index contributed by atoms with van der Waals surface area (Å²) >= 11 is 4.95. The van der Waals surface area contributed by atoms with Crippen LogP contribution in [0.15, 0.2) is 20.1 Å². The van der Waals surface area contributed by atoms with Crippen molar-refractivity contribution in [2.45, 2.75) is 0 Å². The Labute approximate surface area is 133 Å². The van der Waals surface area contributed by atoms with Crippen LogP contribution in [0.3, 0.4) is 0 Å². The maximum atomic E-state index is 12.2. The van der Waals surface area contributed by atoms with E-state index < -0.39 is 7.60 Å². The molecule has 0 saturated heterocycles. The molecule has 1 rings (SSSR count). The highest BCUT2D eigenvalue weighted by atomic mass is 127. The quantitative estimate of drug-likeness (QED) is 0.404. The summed E-state index contributed by atoms with van der Waals surface area (Å²) in [6.07, 6.45) is 1.52. The molecule has 106 valence electrons. The molecule has 0 aliphatic heterocycles. The molecule has 0 bridgehead atoms. The van der Waals surface area contributed by atoms with Crippen molar-refractivity contribution in [2.24, 2.45) is 0 Å². The molecule has 19 heavy (non-hydrogen) atoms. The van der Waals surface area contributed by atoms with Crippen LogP contribution >= 0.6 is 46.1 Å². The van der Waals surface area contributed by atoms with E-state index in [0.29, 0.717) is 4.47 Å². The summed E-state index contributed by atoms with van der Waals surface area (Å²) in [5, 5.41) is 10.2. The fourth-order valence-corrected chi connectivity index (χ4v) is 3.89. The van der Waals surface area contributed by atoms with Gasteiger partial charge in [-0.15, -0.1) is 0 Å². The van der Waals surface area contributed by atoms with Crippen molar-refractivity contribution in [2.75, 3.05) is 21.3 Å². The number of nitrogens with zero attached hydrogens (tertiary/aromatic N) is 1. The van der Waals surface area contributed by atoms with Crippen LogP contribution < -0.4 is 4.74 Å². The van der Waals surface area contributed by atoms with Gasteiger partial charge < -0.3 is 18.9 Å². The van der Waals surface area contributed by atoms with Crippen LogP contribution in [-0.2, 0) is 13.6 Å². The number of halogens is 2. The predicted octanol–water partition coefficient (Wildman–Crippen LogP) is 3.96. The van der Waals surface area contributed by atoms with Crippen molar-refractivity contribution in [3.63, 3.8) is 0 Å². The molecule has 1 heterocycles. The van der Waals surface area contributed by atoms with Crippen LogP contribution in [0.5, 0.6) is 5.88 Å². The summed E-state index contributed by atoms with van der Waals surface area (Å²) in [4.78, 5) is 4.00. The first kappa shape index (κ1) is 16.9. The lowest BCUT2D eigenvalue weighted by Crippen LogP contribution is -1.97. The lowest BCUT2D eigenvalue weighted by molar-refractivity contribution is 0.285. The van der Waals surface area contributed by atoms with Crippen LogP contribution in [0.1, 0.15) is 5.56 Å². The minimum atomic E-state index is -3.52. The Bertz CT molecular complexity index is 543. The third kappa shape index (κ3) is 3.69. The molecule has 0 aliphatic carbocycles. The summed E-state index contributed by atoms with van der Waals surface area (Å²) in [5.74, 6) is -0.0631. The maximum absolute atomic E-state index is 12.2. The lowest BCUT2D eigenvalue weighted by Gasteiger charge is -2.15. The lowest BCUT2D eigenvalue weighted by atomic mass is 10.2. The molecule has 0 spiro atoms. The Kier molecular flexibility index (Phi) is 6.25. The minimum absolute atomic E-state index is 0.0494. The van der Waals surface area contributed by atoms with Gasteiger partial charge in [-0.05, 0) is 44.6 Å². The summed E-state index contributed by atoms with van der Waals surface area (Å²) in [6, 6.07) is 1.59. The Hall–Kier alpha value is -0.150. The van der Waals surface area contributed by atoms with E-state index in [1.54, 1.807) is 28.7 Å². The largest absolute Gasteiger partial charge is 0.506 e. The Morgan fingerprint density at radius 2 is 2.00 bits per heavy atom. The molecule has 6 nitrogen and oxygen atoms in total. The van der Waals surface area contributed by atoms with Crippen molar-refractivity contribution >= 4 is 51.9 Å². The van der Waals surface area contributed by atoms with E-state index in [2.05, 4.69) is 20.9 Å². The normalized spacial score (nSPS) is 13.1. The summed E-state index contributed by atoms with van der Waals surface area (Å²) in [6.45, 7) is 0. The zero-order chi connectivity index (χ0) is 14.6. The highest BCUT2D eigenvalue weighted by Crippen LogP contribution is 2.60. The van der Waals surface area contributed by atoms with Gasteiger partial charge in [0.05, 0.1) is 12.7 Å². The first-order chi connectivity index (χ1) is 8.89. The number of ether oxygens (including phenoxy) is 1. The van der Waals surface area contributed by atoms with E-state index in [4.69, 9.17) is 13.8 Å². The van der Waals surface area contributed by atoms with E-state index >= 15 is 0 Å². The molecule has 0 amide bonds. The molecule has 1 N–H and O–H groups in total. The molecule has 0 aliphatic rings. The zero-order valence-corrected chi connectivity index (χ0v) is 15.0. The number of rotatable bonds is 5. The van der Waals surface area contributed by atoms with Crippen LogP contribution in [0.25, 0.3) is 5.76 Å². The second kappa shape index (κ2) is 7.03. The average molecular weight is 464 g/mol. The van der Waals surface area contributed by atoms with Crippen molar-refractivity contribution < 1.29 is 23.5 Å². The number of pyridine rings is 1. The third-order valence-electron chi connectivity index (χ3n) is 2.18.